The molecule has 10 rings (SSSR count). The van der Waals surface area contributed by atoms with Crippen molar-refractivity contribution in [2.75, 3.05) is 6.61 Å². The van der Waals surface area contributed by atoms with Gasteiger partial charge >= 0.3 is 0 Å². The van der Waals surface area contributed by atoms with E-state index >= 15 is 0 Å². The van der Waals surface area contributed by atoms with Crippen molar-refractivity contribution in [3.63, 3.8) is 0 Å². The summed E-state index contributed by atoms with van der Waals surface area (Å²) in [5, 5.41) is 38.0. The number of nitrogens with zero attached hydrogens (tertiary/aromatic N) is 4. The number of fused-ring (bicyclic) bond motifs is 3. The molecule has 2 amide bonds. The molecular weight excluding hydrogens is 1490 g/mol. The molecular formula is C62H44Cl2F2N6O12Y4-4. The van der Waals surface area contributed by atoms with E-state index in [1.54, 1.807) is 105 Å². The van der Waals surface area contributed by atoms with Crippen LogP contribution in [0.5, 0.6) is 0 Å². The first-order valence-electron chi connectivity index (χ1n) is 24.7. The summed E-state index contributed by atoms with van der Waals surface area (Å²) in [4.78, 5) is 82.7. The number of amides is 2. The molecule has 7 aromatic carbocycles. The number of carbonyl (C=O) groups is 4. The number of Topliss-reactive ketones (excluding diaryl/α,β-unsaturated/α-hetero) is 2. The second-order valence-electron chi connectivity index (χ2n) is 17.1. The fourth-order valence-electron chi connectivity index (χ4n) is 6.90. The van der Waals surface area contributed by atoms with Gasteiger partial charge in [0.05, 0.1) is 16.6 Å². The number of aliphatic hydroxyl groups is 1. The first-order chi connectivity index (χ1) is 40.4. The molecule has 0 aliphatic rings. The normalized spacial score (nSPS) is 9.98. The Hall–Kier alpha value is -5.91. The maximum atomic E-state index is 13.0. The fraction of sp³-hybridized carbons (Fsp3) is 0.113. The molecule has 0 atom stereocenters. The quantitative estimate of drug-likeness (QED) is 0.0248. The van der Waals surface area contributed by atoms with Gasteiger partial charge in [0.15, 0.2) is 22.2 Å². The molecule has 0 saturated heterocycles. The van der Waals surface area contributed by atoms with Crippen molar-refractivity contribution in [1.29, 1.82) is 0 Å². The van der Waals surface area contributed by atoms with Gasteiger partial charge in [-0.25, -0.2) is 8.78 Å². The summed E-state index contributed by atoms with van der Waals surface area (Å²) in [5.74, 6) is 2.04. The number of oxime groups is 1. The van der Waals surface area contributed by atoms with Crippen molar-refractivity contribution >= 4 is 85.2 Å². The summed E-state index contributed by atoms with van der Waals surface area (Å²) in [6, 6.07) is 46.8. The van der Waals surface area contributed by atoms with Gasteiger partial charge in [0.1, 0.15) is 23.8 Å². The number of aromatic nitrogens is 3. The van der Waals surface area contributed by atoms with Gasteiger partial charge in [0, 0.05) is 171 Å². The molecule has 3 aromatic heterocycles. The van der Waals surface area contributed by atoms with Gasteiger partial charge in [-0.3, -0.25) is 14.4 Å². The van der Waals surface area contributed by atoms with Gasteiger partial charge in [-0.15, -0.1) is 24.3 Å². The summed E-state index contributed by atoms with van der Waals surface area (Å²) in [7, 11) is 0. The predicted molar refractivity (Wildman–Crippen MR) is 307 cm³/mol. The van der Waals surface area contributed by atoms with Crippen LogP contribution in [0.3, 0.4) is 0 Å². The van der Waals surface area contributed by atoms with E-state index in [2.05, 4.69) is 67.4 Å². The summed E-state index contributed by atoms with van der Waals surface area (Å²) in [5.41, 5.74) is 1.77. The molecule has 0 bridgehead atoms. The minimum Gasteiger partial charge on any atom is -0.411 e. The second kappa shape index (κ2) is 40.0. The Morgan fingerprint density at radius 2 is 1.03 bits per heavy atom. The van der Waals surface area contributed by atoms with Crippen molar-refractivity contribution in [3.8, 4) is 11.8 Å². The molecule has 438 valence electrons. The van der Waals surface area contributed by atoms with Gasteiger partial charge in [0.25, 0.3) is 11.8 Å². The summed E-state index contributed by atoms with van der Waals surface area (Å²) < 4.78 is 40.9. The van der Waals surface area contributed by atoms with E-state index in [4.69, 9.17) is 47.1 Å². The van der Waals surface area contributed by atoms with E-state index < -0.39 is 40.1 Å². The molecule has 0 fully saturated rings. The molecule has 0 unspecified atom stereocenters. The SMILES string of the molecule is C/C(=N\O)C(=O)c1c[c-]ccc1F.CCC(=O)c1c[c-]ccc1F.Cc1noc2cc[c-]cc2c1=O.O=C(NCc1ccc(Cl)cc1)c1noc2cc[c-]cc2c1=O.O=C(NCc1ccc(Cl)cc1)c1noc2ccc(C#CCO)cc2c1=O.[Y].[Y].[Y].[Y]. The van der Waals surface area contributed by atoms with E-state index in [1.165, 1.54) is 49.4 Å². The van der Waals surface area contributed by atoms with Crippen molar-refractivity contribution in [2.24, 2.45) is 5.16 Å². The number of aryl methyl sites for hydroxylation is 1. The second-order valence-corrected chi connectivity index (χ2v) is 17.9. The molecule has 26 heteroatoms. The minimum atomic E-state index is -0.647. The van der Waals surface area contributed by atoms with Crippen LogP contribution in [-0.2, 0) is 144 Å². The first-order valence-corrected chi connectivity index (χ1v) is 25.4. The summed E-state index contributed by atoms with van der Waals surface area (Å²) in [6.07, 6.45) is 0.328. The molecule has 88 heavy (non-hydrogen) atoms. The molecule has 0 saturated carbocycles. The van der Waals surface area contributed by atoms with E-state index in [9.17, 15) is 42.3 Å². The van der Waals surface area contributed by atoms with Gasteiger partial charge in [0.2, 0.25) is 16.8 Å². The average molecular weight is 1530 g/mol. The van der Waals surface area contributed by atoms with Gasteiger partial charge in [-0.1, -0.05) is 98.0 Å². The Bertz CT molecular complexity index is 4300. The number of aliphatic hydroxyl groups excluding tert-OH is 1. The zero-order valence-corrected chi connectivity index (χ0v) is 59.6. The number of halogens is 4. The van der Waals surface area contributed by atoms with Crippen molar-refractivity contribution in [1.82, 2.24) is 26.1 Å². The van der Waals surface area contributed by atoms with Gasteiger partial charge in [-0.2, -0.15) is 72.8 Å². The third-order valence-corrected chi connectivity index (χ3v) is 11.8. The zero-order valence-electron chi connectivity index (χ0n) is 46.7. The maximum absolute atomic E-state index is 13.0. The number of hydrogen-bond acceptors (Lipinski definition) is 16. The van der Waals surface area contributed by atoms with E-state index in [-0.39, 0.29) is 206 Å². The number of hydrogen-bond donors (Lipinski definition) is 4. The van der Waals surface area contributed by atoms with Gasteiger partial charge < -0.3 is 53.7 Å². The Labute approximate surface area is 611 Å². The van der Waals surface area contributed by atoms with Crippen LogP contribution in [-0.4, -0.2) is 61.5 Å². The van der Waals surface area contributed by atoms with Crippen molar-refractivity contribution < 1.29 is 183 Å². The van der Waals surface area contributed by atoms with Crippen molar-refractivity contribution in [2.45, 2.75) is 40.3 Å². The van der Waals surface area contributed by atoms with Crippen LogP contribution in [0.4, 0.5) is 8.78 Å². The van der Waals surface area contributed by atoms with E-state index in [0.29, 0.717) is 44.3 Å². The van der Waals surface area contributed by atoms with Crippen LogP contribution in [0, 0.1) is 54.7 Å². The number of rotatable bonds is 10. The number of ketones is 2. The number of carbonyl (C=O) groups excluding carboxylic acids is 4. The molecule has 3 heterocycles. The Morgan fingerprint density at radius 1 is 0.602 bits per heavy atom. The average Bonchev–Trinajstić information content (AvgIpc) is 1.22. The standard InChI is InChI=1S/C19H13ClN2O4.C16H10ClN2O3.C9H7FNO2.C9H8FO.C9H6NO2.4Y/c20-14-6-3-13(4-7-14)11-21-19(25)17-18(24)15-10-12(2-1-9-23)5-8-16(15)26-22-17;17-11-7-5-10(6-8-11)9-18-16(21)14-15(20)12-3-1-2-4-13(12)22-19-14;1-6(11-13)9(12)7-4-2-3-5-8(7)10;1-2-9(11)7-5-3-4-6-8(7)10;1-6-9(11)7-4-2-3-5-8(7)12-10-6;;;;/h3-8,10,23H,9,11H2,(H,21,25);2-8H,9H2,(H,18,21);3-5,13H,1H3;4-6H,2H2,1H3;3-5H,1H3;;;;/q;4*-1;;;;/b;;11-6+;;;;;;. The molecule has 0 aliphatic carbocycles. The third-order valence-electron chi connectivity index (χ3n) is 11.3. The molecule has 4 radical (unpaired) electrons. The topological polar surface area (TPSA) is 274 Å². The third kappa shape index (κ3) is 22.8. The van der Waals surface area contributed by atoms with Crippen LogP contribution >= 0.6 is 23.2 Å². The number of benzene rings is 7. The molecule has 4 N–H and O–H groups in total. The molecule has 0 spiro atoms. The van der Waals surface area contributed by atoms with E-state index in [1.807, 2.05) is 0 Å². The van der Waals surface area contributed by atoms with Crippen LogP contribution in [0.25, 0.3) is 32.9 Å². The minimum absolute atomic E-state index is 0. The van der Waals surface area contributed by atoms with Crippen molar-refractivity contribution in [3.05, 3.63) is 261 Å². The van der Waals surface area contributed by atoms with Crippen LogP contribution in [0.2, 0.25) is 10.0 Å². The monoisotopic (exact) mass is 1530 g/mol. The molecule has 10 aromatic rings. The fourth-order valence-corrected chi connectivity index (χ4v) is 7.15. The summed E-state index contributed by atoms with van der Waals surface area (Å²) >= 11 is 11.6. The Morgan fingerprint density at radius 3 is 1.50 bits per heavy atom. The smallest absolute Gasteiger partial charge is 0.277 e. The van der Waals surface area contributed by atoms with Crippen LogP contribution < -0.4 is 26.9 Å². The predicted octanol–water partition coefficient (Wildman–Crippen LogP) is 9.85. The Kier molecular flexibility index (Phi) is 35.5. The number of nitrogens with one attached hydrogen (secondary N) is 2. The Balaban J connectivity index is 0.000000386. The molecule has 0 aliphatic heterocycles. The summed E-state index contributed by atoms with van der Waals surface area (Å²) in [6.45, 7) is 4.82. The van der Waals surface area contributed by atoms with Crippen LogP contribution in [0.15, 0.2) is 173 Å². The van der Waals surface area contributed by atoms with Gasteiger partial charge in [-0.05, 0) is 84.6 Å². The largest absolute Gasteiger partial charge is 0.411 e. The zero-order chi connectivity index (χ0) is 60.7. The maximum Gasteiger partial charge on any atom is 0.277 e. The first kappa shape index (κ1) is 78.2. The van der Waals surface area contributed by atoms with E-state index in [0.717, 1.165) is 17.2 Å². The van der Waals surface area contributed by atoms with Crippen LogP contribution in [0.1, 0.15) is 84.3 Å². The molecule has 18 nitrogen and oxygen atoms in total.